The van der Waals surface area contributed by atoms with Crippen molar-refractivity contribution in [1.29, 1.82) is 0 Å². The van der Waals surface area contributed by atoms with Crippen molar-refractivity contribution in [2.45, 2.75) is 29.9 Å². The van der Waals surface area contributed by atoms with Crippen LogP contribution in [0.2, 0.25) is 0 Å². The molecule has 0 radical (unpaired) electrons. The first-order valence-corrected chi connectivity index (χ1v) is 9.43. The van der Waals surface area contributed by atoms with Crippen LogP contribution in [0, 0.1) is 17.8 Å². The predicted octanol–water partition coefficient (Wildman–Crippen LogP) is 2.75. The van der Waals surface area contributed by atoms with Crippen LogP contribution in [0.25, 0.3) is 0 Å². The third kappa shape index (κ3) is 2.73. The molecule has 104 valence electrons. The second-order valence-electron chi connectivity index (χ2n) is 5.25. The molecule has 3 rings (SSSR count). The van der Waals surface area contributed by atoms with Gasteiger partial charge < -0.3 is 0 Å². The molecule has 2 atom stereocenters. The van der Waals surface area contributed by atoms with Gasteiger partial charge >= 0.3 is 0 Å². The van der Waals surface area contributed by atoms with E-state index >= 15 is 0 Å². The summed E-state index contributed by atoms with van der Waals surface area (Å²) in [6.07, 6.45) is 4.48. The molecule has 1 amide bonds. The van der Waals surface area contributed by atoms with Gasteiger partial charge in [0.25, 0.3) is 10.0 Å². The molecular formula is C12H14BrNO3S2. The fourth-order valence-corrected chi connectivity index (χ4v) is 5.48. The van der Waals surface area contributed by atoms with Gasteiger partial charge in [-0.3, -0.25) is 4.79 Å². The van der Waals surface area contributed by atoms with Gasteiger partial charge in [-0.2, -0.15) is 0 Å². The first kappa shape index (κ1) is 13.6. The summed E-state index contributed by atoms with van der Waals surface area (Å²) in [5.41, 5.74) is 0. The molecule has 0 aromatic carbocycles. The largest absolute Gasteiger partial charge is 0.274 e. The summed E-state index contributed by atoms with van der Waals surface area (Å²) in [5, 5.41) is 1.69. The Kier molecular flexibility index (Phi) is 3.47. The van der Waals surface area contributed by atoms with Gasteiger partial charge in [0.1, 0.15) is 4.21 Å². The van der Waals surface area contributed by atoms with Crippen molar-refractivity contribution in [3.63, 3.8) is 0 Å². The Morgan fingerprint density at radius 1 is 1.42 bits per heavy atom. The molecule has 1 N–H and O–H groups in total. The summed E-state index contributed by atoms with van der Waals surface area (Å²) < 4.78 is 27.1. The van der Waals surface area contributed by atoms with Crippen LogP contribution in [0.4, 0.5) is 0 Å². The van der Waals surface area contributed by atoms with Crippen molar-refractivity contribution < 1.29 is 13.2 Å². The zero-order valence-electron chi connectivity index (χ0n) is 10.1. The molecule has 0 spiro atoms. The van der Waals surface area contributed by atoms with E-state index in [1.165, 1.54) is 25.3 Å². The summed E-state index contributed by atoms with van der Waals surface area (Å²) >= 11 is 4.31. The molecule has 4 nitrogen and oxygen atoms in total. The number of halogens is 1. The van der Waals surface area contributed by atoms with E-state index in [0.717, 1.165) is 17.8 Å². The predicted molar refractivity (Wildman–Crippen MR) is 76.3 cm³/mol. The van der Waals surface area contributed by atoms with E-state index < -0.39 is 10.0 Å². The molecule has 1 heterocycles. The monoisotopic (exact) mass is 363 g/mol. The van der Waals surface area contributed by atoms with Crippen molar-refractivity contribution in [2.24, 2.45) is 17.8 Å². The second-order valence-corrected chi connectivity index (χ2v) is 8.99. The molecule has 19 heavy (non-hydrogen) atoms. The highest BCUT2D eigenvalue weighted by Gasteiger charge is 2.49. The van der Waals surface area contributed by atoms with Crippen LogP contribution in [-0.4, -0.2) is 14.3 Å². The minimum absolute atomic E-state index is 0.0940. The highest BCUT2D eigenvalue weighted by atomic mass is 79.9. The number of sulfonamides is 1. The average molecular weight is 364 g/mol. The number of hydrogen-bond acceptors (Lipinski definition) is 4. The van der Waals surface area contributed by atoms with Gasteiger partial charge in [0.15, 0.2) is 0 Å². The van der Waals surface area contributed by atoms with Crippen molar-refractivity contribution in [3.8, 4) is 0 Å². The van der Waals surface area contributed by atoms with Crippen LogP contribution >= 0.6 is 27.3 Å². The van der Waals surface area contributed by atoms with Crippen molar-refractivity contribution in [3.05, 3.63) is 15.9 Å². The third-order valence-electron chi connectivity index (χ3n) is 3.98. The minimum atomic E-state index is -3.69. The van der Waals surface area contributed by atoms with Gasteiger partial charge in [0.2, 0.25) is 5.91 Å². The molecule has 2 aliphatic carbocycles. The Morgan fingerprint density at radius 2 is 2.16 bits per heavy atom. The second kappa shape index (κ2) is 4.86. The lowest BCUT2D eigenvalue weighted by Crippen LogP contribution is -2.32. The van der Waals surface area contributed by atoms with E-state index in [1.54, 1.807) is 5.38 Å². The van der Waals surface area contributed by atoms with Gasteiger partial charge in [-0.1, -0.05) is 19.3 Å². The Morgan fingerprint density at radius 3 is 2.68 bits per heavy atom. The molecule has 2 fully saturated rings. The average Bonchev–Trinajstić information content (AvgIpc) is 2.88. The van der Waals surface area contributed by atoms with E-state index in [-0.39, 0.29) is 16.0 Å². The fourth-order valence-electron chi connectivity index (χ4n) is 2.60. The zero-order chi connectivity index (χ0) is 13.6. The lowest BCUT2D eigenvalue weighted by atomic mass is 9.81. The van der Waals surface area contributed by atoms with Crippen LogP contribution in [0.15, 0.2) is 20.1 Å². The smallest absolute Gasteiger partial charge is 0.273 e. The Balaban J connectivity index is 1.63. The van der Waals surface area contributed by atoms with E-state index in [1.807, 2.05) is 0 Å². The van der Waals surface area contributed by atoms with Gasteiger partial charge in [-0.25, -0.2) is 13.1 Å². The van der Waals surface area contributed by atoms with Crippen LogP contribution in [-0.2, 0) is 14.8 Å². The van der Waals surface area contributed by atoms with E-state index in [0.29, 0.717) is 16.3 Å². The number of carbonyl (C=O) groups excluding carboxylic acids is 1. The number of amides is 1. The number of carbonyl (C=O) groups is 1. The SMILES string of the molecule is O=C(NS(=O)(=O)c1cc(Br)cs1)[C@@H]1C[C@H]1C1CCC1. The van der Waals surface area contributed by atoms with E-state index in [4.69, 9.17) is 0 Å². The molecule has 7 heteroatoms. The summed E-state index contributed by atoms with van der Waals surface area (Å²) in [6, 6.07) is 1.51. The van der Waals surface area contributed by atoms with E-state index in [2.05, 4.69) is 20.7 Å². The summed E-state index contributed by atoms with van der Waals surface area (Å²) in [7, 11) is -3.69. The highest BCUT2D eigenvalue weighted by molar-refractivity contribution is 9.10. The Hall–Kier alpha value is -0.400. The summed E-state index contributed by atoms with van der Waals surface area (Å²) in [6.45, 7) is 0. The molecular weight excluding hydrogens is 350 g/mol. The van der Waals surface area contributed by atoms with Crippen molar-refractivity contribution >= 4 is 43.2 Å². The molecule has 1 aromatic rings. The van der Waals surface area contributed by atoms with Gasteiger partial charge in [-0.15, -0.1) is 11.3 Å². The fraction of sp³-hybridized carbons (Fsp3) is 0.583. The summed E-state index contributed by atoms with van der Waals surface area (Å²) in [4.78, 5) is 12.0. The number of rotatable bonds is 4. The van der Waals surface area contributed by atoms with Crippen LogP contribution in [0.1, 0.15) is 25.7 Å². The third-order valence-corrected chi connectivity index (χ3v) is 7.52. The van der Waals surface area contributed by atoms with Gasteiger partial charge in [0.05, 0.1) is 0 Å². The molecule has 0 bridgehead atoms. The first-order valence-electron chi connectivity index (χ1n) is 6.28. The minimum Gasteiger partial charge on any atom is -0.274 e. The van der Waals surface area contributed by atoms with Crippen LogP contribution in [0.5, 0.6) is 0 Å². The van der Waals surface area contributed by atoms with Crippen molar-refractivity contribution in [1.82, 2.24) is 4.72 Å². The molecule has 2 aliphatic rings. The molecule has 0 saturated heterocycles. The number of thiophene rings is 1. The summed E-state index contributed by atoms with van der Waals surface area (Å²) in [5.74, 6) is 0.637. The number of hydrogen-bond donors (Lipinski definition) is 1. The molecule has 0 unspecified atom stereocenters. The van der Waals surface area contributed by atoms with Crippen LogP contribution in [0.3, 0.4) is 0 Å². The van der Waals surface area contributed by atoms with Gasteiger partial charge in [0, 0.05) is 15.8 Å². The maximum absolute atomic E-state index is 12.0. The maximum Gasteiger partial charge on any atom is 0.273 e. The van der Waals surface area contributed by atoms with Crippen LogP contribution < -0.4 is 4.72 Å². The zero-order valence-corrected chi connectivity index (χ0v) is 13.4. The number of nitrogens with one attached hydrogen (secondary N) is 1. The maximum atomic E-state index is 12.0. The normalized spacial score (nSPS) is 26.8. The van der Waals surface area contributed by atoms with E-state index in [9.17, 15) is 13.2 Å². The molecule has 2 saturated carbocycles. The quantitative estimate of drug-likeness (QED) is 0.894. The lowest BCUT2D eigenvalue weighted by molar-refractivity contribution is -0.121. The standard InChI is InChI=1S/C12H14BrNO3S2/c13-8-4-11(18-6-8)19(16,17)14-12(15)10-5-9(10)7-2-1-3-7/h4,6-7,9-10H,1-3,5H2,(H,14,15)/t9-,10+/m0/s1. The molecule has 1 aromatic heterocycles. The lowest BCUT2D eigenvalue weighted by Gasteiger charge is -2.25. The highest BCUT2D eigenvalue weighted by Crippen LogP contribution is 2.51. The Bertz CT molecular complexity index is 606. The first-order chi connectivity index (χ1) is 8.97. The topological polar surface area (TPSA) is 63.2 Å². The Labute approximate surface area is 124 Å². The molecule has 0 aliphatic heterocycles. The van der Waals surface area contributed by atoms with Gasteiger partial charge in [-0.05, 0) is 40.3 Å². The van der Waals surface area contributed by atoms with Crippen molar-refractivity contribution in [2.75, 3.05) is 0 Å².